The van der Waals surface area contributed by atoms with Crippen molar-refractivity contribution >= 4 is 11.7 Å². The molecule has 0 aromatic carbocycles. The van der Waals surface area contributed by atoms with Gasteiger partial charge in [-0.25, -0.2) is 9.97 Å². The highest BCUT2D eigenvalue weighted by Gasteiger charge is 2.24. The molecule has 1 aliphatic heterocycles. The molecule has 0 aliphatic carbocycles. The summed E-state index contributed by atoms with van der Waals surface area (Å²) in [5.41, 5.74) is 2.21. The monoisotopic (exact) mass is 256 g/mol. The zero-order valence-electron chi connectivity index (χ0n) is 10.8. The number of hydrogen-bond donors (Lipinski definition) is 1. The fourth-order valence-corrected chi connectivity index (χ4v) is 2.36. The number of carbonyl (C=O) groups is 1. The molecule has 3 rings (SSSR count). The molecule has 0 fully saturated rings. The normalized spacial score (nSPS) is 17.8. The number of aromatic nitrogens is 3. The molecule has 98 valence electrons. The zero-order chi connectivity index (χ0) is 13.2. The maximum atomic E-state index is 12.2. The maximum absolute atomic E-state index is 12.2. The molecule has 5 nitrogen and oxygen atoms in total. The van der Waals surface area contributed by atoms with E-state index in [1.165, 1.54) is 0 Å². The predicted octanol–water partition coefficient (Wildman–Crippen LogP) is 1.79. The van der Waals surface area contributed by atoms with Gasteiger partial charge in [0.05, 0.1) is 6.33 Å². The summed E-state index contributed by atoms with van der Waals surface area (Å²) in [6.07, 6.45) is 7.01. The van der Waals surface area contributed by atoms with E-state index in [9.17, 15) is 4.79 Å². The molecule has 1 N–H and O–H groups in total. The van der Waals surface area contributed by atoms with Crippen molar-refractivity contribution in [2.45, 2.75) is 26.3 Å². The first-order valence-electron chi connectivity index (χ1n) is 6.45. The molecule has 0 saturated heterocycles. The van der Waals surface area contributed by atoms with E-state index in [1.54, 1.807) is 6.20 Å². The zero-order valence-corrected chi connectivity index (χ0v) is 10.8. The molecule has 0 radical (unpaired) electrons. The molecule has 3 heterocycles. The number of amides is 1. The first-order valence-corrected chi connectivity index (χ1v) is 6.45. The lowest BCUT2D eigenvalue weighted by Gasteiger charge is -2.22. The fraction of sp³-hybridized carbons (Fsp3) is 0.357. The van der Waals surface area contributed by atoms with Crippen LogP contribution in [0.4, 0.5) is 5.82 Å². The Bertz CT molecular complexity index is 588. The van der Waals surface area contributed by atoms with Gasteiger partial charge in [-0.2, -0.15) is 0 Å². The van der Waals surface area contributed by atoms with Gasteiger partial charge in [0.1, 0.15) is 5.82 Å². The van der Waals surface area contributed by atoms with E-state index >= 15 is 0 Å². The molecular formula is C14H16N4O. The van der Waals surface area contributed by atoms with Crippen LogP contribution in [0.5, 0.6) is 0 Å². The van der Waals surface area contributed by atoms with Crippen molar-refractivity contribution in [2.24, 2.45) is 5.92 Å². The van der Waals surface area contributed by atoms with Crippen molar-refractivity contribution in [3.05, 3.63) is 42.1 Å². The summed E-state index contributed by atoms with van der Waals surface area (Å²) in [7, 11) is 0. The van der Waals surface area contributed by atoms with E-state index in [2.05, 4.69) is 19.9 Å². The highest BCUT2D eigenvalue weighted by atomic mass is 16.1. The van der Waals surface area contributed by atoms with Gasteiger partial charge < -0.3 is 9.88 Å². The smallest absolute Gasteiger partial charge is 0.229 e. The standard InChI is InChI=1S/C14H16N4O/c1-10-2-3-13(16-7-10)17-14(19)11-4-5-18-9-15-8-12(18)6-11/h2-3,7-9,11H,4-6H2,1H3,(H,16,17,19). The van der Waals surface area contributed by atoms with Gasteiger partial charge in [0.15, 0.2) is 0 Å². The summed E-state index contributed by atoms with van der Waals surface area (Å²) in [6, 6.07) is 3.78. The van der Waals surface area contributed by atoms with Gasteiger partial charge in [0.25, 0.3) is 0 Å². The first-order chi connectivity index (χ1) is 9.22. The minimum atomic E-state index is 0.00676. The van der Waals surface area contributed by atoms with Crippen molar-refractivity contribution in [3.8, 4) is 0 Å². The Morgan fingerprint density at radius 1 is 1.42 bits per heavy atom. The van der Waals surface area contributed by atoms with E-state index in [1.807, 2.05) is 31.6 Å². The quantitative estimate of drug-likeness (QED) is 0.891. The van der Waals surface area contributed by atoms with Crippen LogP contribution in [0, 0.1) is 12.8 Å². The average molecular weight is 256 g/mol. The Kier molecular flexibility index (Phi) is 3.03. The molecule has 1 atom stereocenters. The third kappa shape index (κ3) is 2.50. The Hall–Kier alpha value is -2.17. The van der Waals surface area contributed by atoms with Crippen LogP contribution in [0.25, 0.3) is 0 Å². The maximum Gasteiger partial charge on any atom is 0.229 e. The number of hydrogen-bond acceptors (Lipinski definition) is 3. The van der Waals surface area contributed by atoms with E-state index < -0.39 is 0 Å². The Balaban J connectivity index is 1.67. The number of nitrogens with zero attached hydrogens (tertiary/aromatic N) is 3. The van der Waals surface area contributed by atoms with Crippen molar-refractivity contribution in [1.29, 1.82) is 0 Å². The summed E-state index contributed by atoms with van der Waals surface area (Å²) in [5, 5.41) is 2.88. The van der Waals surface area contributed by atoms with Crippen molar-refractivity contribution < 1.29 is 4.79 Å². The summed E-state index contributed by atoms with van der Waals surface area (Å²) >= 11 is 0. The SMILES string of the molecule is Cc1ccc(NC(=O)C2CCn3cncc3C2)nc1. The van der Waals surface area contributed by atoms with Gasteiger partial charge in [-0.1, -0.05) is 6.07 Å². The molecule has 0 spiro atoms. The molecule has 2 aromatic rings. The van der Waals surface area contributed by atoms with Gasteiger partial charge >= 0.3 is 0 Å². The summed E-state index contributed by atoms with van der Waals surface area (Å²) in [6.45, 7) is 2.83. The molecule has 0 bridgehead atoms. The van der Waals surface area contributed by atoms with Gasteiger partial charge in [0, 0.05) is 37.0 Å². The van der Waals surface area contributed by atoms with E-state index in [0.717, 1.165) is 30.6 Å². The van der Waals surface area contributed by atoms with Crippen molar-refractivity contribution in [2.75, 3.05) is 5.32 Å². The number of nitrogens with one attached hydrogen (secondary N) is 1. The lowest BCUT2D eigenvalue weighted by atomic mass is 9.95. The molecule has 0 saturated carbocycles. The van der Waals surface area contributed by atoms with E-state index in [4.69, 9.17) is 0 Å². The van der Waals surface area contributed by atoms with Crippen molar-refractivity contribution in [3.63, 3.8) is 0 Å². The topological polar surface area (TPSA) is 59.8 Å². The number of fused-ring (bicyclic) bond motifs is 1. The van der Waals surface area contributed by atoms with Crippen LogP contribution in [0.3, 0.4) is 0 Å². The summed E-state index contributed by atoms with van der Waals surface area (Å²) in [4.78, 5) is 20.5. The summed E-state index contributed by atoms with van der Waals surface area (Å²) in [5.74, 6) is 0.672. The first kappa shape index (κ1) is 11.9. The van der Waals surface area contributed by atoms with Crippen LogP contribution in [-0.4, -0.2) is 20.4 Å². The minimum absolute atomic E-state index is 0.00676. The van der Waals surface area contributed by atoms with Crippen LogP contribution in [0.15, 0.2) is 30.9 Å². The predicted molar refractivity (Wildman–Crippen MR) is 71.6 cm³/mol. The van der Waals surface area contributed by atoms with E-state index in [0.29, 0.717) is 5.82 Å². The average Bonchev–Trinajstić information content (AvgIpc) is 2.88. The molecule has 1 unspecified atom stereocenters. The lowest BCUT2D eigenvalue weighted by Crippen LogP contribution is -2.30. The van der Waals surface area contributed by atoms with Gasteiger partial charge in [-0.3, -0.25) is 4.79 Å². The Morgan fingerprint density at radius 2 is 2.32 bits per heavy atom. The van der Waals surface area contributed by atoms with Gasteiger partial charge in [-0.15, -0.1) is 0 Å². The van der Waals surface area contributed by atoms with Crippen LogP contribution in [0.2, 0.25) is 0 Å². The molecule has 19 heavy (non-hydrogen) atoms. The third-order valence-corrected chi connectivity index (χ3v) is 3.51. The molecule has 1 aliphatic rings. The fourth-order valence-electron chi connectivity index (χ4n) is 2.36. The van der Waals surface area contributed by atoms with Gasteiger partial charge in [-0.05, 0) is 25.0 Å². The molecule has 1 amide bonds. The number of aryl methyl sites for hydroxylation is 2. The highest BCUT2D eigenvalue weighted by molar-refractivity contribution is 5.91. The largest absolute Gasteiger partial charge is 0.335 e. The minimum Gasteiger partial charge on any atom is -0.335 e. The lowest BCUT2D eigenvalue weighted by molar-refractivity contribution is -0.120. The highest BCUT2D eigenvalue weighted by Crippen LogP contribution is 2.21. The van der Waals surface area contributed by atoms with Crippen LogP contribution in [-0.2, 0) is 17.8 Å². The second-order valence-electron chi connectivity index (χ2n) is 4.98. The molecular weight excluding hydrogens is 240 g/mol. The van der Waals surface area contributed by atoms with E-state index in [-0.39, 0.29) is 11.8 Å². The summed E-state index contributed by atoms with van der Waals surface area (Å²) < 4.78 is 2.11. The Morgan fingerprint density at radius 3 is 3.11 bits per heavy atom. The second kappa shape index (κ2) is 4.84. The van der Waals surface area contributed by atoms with Crippen LogP contribution < -0.4 is 5.32 Å². The number of pyridine rings is 1. The number of imidazole rings is 1. The van der Waals surface area contributed by atoms with Crippen LogP contribution in [0.1, 0.15) is 17.7 Å². The number of rotatable bonds is 2. The number of carbonyl (C=O) groups excluding carboxylic acids is 1. The molecule has 2 aromatic heterocycles. The third-order valence-electron chi connectivity index (χ3n) is 3.51. The Labute approximate surface area is 111 Å². The second-order valence-corrected chi connectivity index (χ2v) is 4.98. The molecule has 5 heteroatoms. The van der Waals surface area contributed by atoms with Gasteiger partial charge in [0.2, 0.25) is 5.91 Å². The van der Waals surface area contributed by atoms with Crippen molar-refractivity contribution in [1.82, 2.24) is 14.5 Å². The number of anilines is 1. The van der Waals surface area contributed by atoms with Crippen LogP contribution >= 0.6 is 0 Å².